The first-order chi connectivity index (χ1) is 10.2. The molecule has 0 bridgehead atoms. The molecule has 0 heterocycles. The van der Waals surface area contributed by atoms with Crippen molar-refractivity contribution in [3.63, 3.8) is 0 Å². The van der Waals surface area contributed by atoms with Gasteiger partial charge in [-0.3, -0.25) is 0 Å². The molecular formula is C17H22O4. The fourth-order valence-corrected chi connectivity index (χ4v) is 2.75. The van der Waals surface area contributed by atoms with E-state index in [-0.39, 0.29) is 18.9 Å². The fourth-order valence-electron chi connectivity index (χ4n) is 2.75. The number of hydrogen-bond acceptors (Lipinski definition) is 4. The minimum atomic E-state index is -0.324. The quantitative estimate of drug-likeness (QED) is 0.475. The molecule has 1 aliphatic carbocycles. The number of rotatable bonds is 5. The van der Waals surface area contributed by atoms with Crippen molar-refractivity contribution >= 4 is 11.5 Å². The van der Waals surface area contributed by atoms with Crippen LogP contribution in [0, 0.1) is 6.92 Å². The van der Waals surface area contributed by atoms with E-state index in [1.807, 2.05) is 6.07 Å². The highest BCUT2D eigenvalue weighted by Gasteiger charge is 2.26. The minimum absolute atomic E-state index is 0.136. The summed E-state index contributed by atoms with van der Waals surface area (Å²) in [5, 5.41) is 0. The molecule has 1 unspecified atom stereocenters. The molecule has 21 heavy (non-hydrogen) atoms. The largest absolute Gasteiger partial charge is 0.463 e. The maximum atomic E-state index is 11.9. The van der Waals surface area contributed by atoms with Gasteiger partial charge in [-0.2, -0.15) is 0 Å². The zero-order chi connectivity index (χ0) is 15.2. The number of carbonyl (C=O) groups is 1. The highest BCUT2D eigenvalue weighted by atomic mass is 16.7. The van der Waals surface area contributed by atoms with Crippen LogP contribution in [0.2, 0.25) is 0 Å². The van der Waals surface area contributed by atoms with Gasteiger partial charge in [-0.05, 0) is 49.0 Å². The first kappa shape index (κ1) is 15.7. The van der Waals surface area contributed by atoms with E-state index >= 15 is 0 Å². The molecule has 1 atom stereocenters. The standard InChI is InChI=1S/C17H22O4/c1-4-20-16(18)10-14-15(21-11-19-3)9-8-13-7-5-6-12(2)17(13)14/h5-7,10,15H,4,8-9,11H2,1-3H3/b14-10+. The maximum Gasteiger partial charge on any atom is 0.331 e. The van der Waals surface area contributed by atoms with Gasteiger partial charge in [0.2, 0.25) is 0 Å². The molecule has 1 aromatic carbocycles. The molecule has 0 aliphatic heterocycles. The predicted octanol–water partition coefficient (Wildman–Crippen LogP) is 2.88. The van der Waals surface area contributed by atoms with Gasteiger partial charge < -0.3 is 14.2 Å². The van der Waals surface area contributed by atoms with Crippen LogP contribution in [0.15, 0.2) is 24.3 Å². The van der Waals surface area contributed by atoms with Crippen molar-refractivity contribution in [2.24, 2.45) is 0 Å². The monoisotopic (exact) mass is 290 g/mol. The molecule has 1 aromatic rings. The number of carbonyl (C=O) groups excluding carboxylic acids is 1. The summed E-state index contributed by atoms with van der Waals surface area (Å²) < 4.78 is 15.8. The molecule has 0 spiro atoms. The first-order valence-corrected chi connectivity index (χ1v) is 7.25. The van der Waals surface area contributed by atoms with Gasteiger partial charge >= 0.3 is 5.97 Å². The number of methoxy groups -OCH3 is 1. The zero-order valence-electron chi connectivity index (χ0n) is 12.8. The Morgan fingerprint density at radius 1 is 1.43 bits per heavy atom. The number of fused-ring (bicyclic) bond motifs is 1. The van der Waals surface area contributed by atoms with Gasteiger partial charge in [0.1, 0.15) is 6.79 Å². The average Bonchev–Trinajstić information content (AvgIpc) is 2.46. The summed E-state index contributed by atoms with van der Waals surface area (Å²) in [5.74, 6) is -0.324. The Kier molecular flexibility index (Phi) is 5.53. The second-order valence-electron chi connectivity index (χ2n) is 5.06. The van der Waals surface area contributed by atoms with Crippen molar-refractivity contribution < 1.29 is 19.0 Å². The lowest BCUT2D eigenvalue weighted by molar-refractivity contribution is -0.137. The van der Waals surface area contributed by atoms with Crippen molar-refractivity contribution in [2.75, 3.05) is 20.5 Å². The molecule has 4 nitrogen and oxygen atoms in total. The van der Waals surface area contributed by atoms with E-state index in [0.717, 1.165) is 29.5 Å². The van der Waals surface area contributed by atoms with E-state index in [1.165, 1.54) is 5.56 Å². The summed E-state index contributed by atoms with van der Waals surface area (Å²) in [6.07, 6.45) is 3.20. The van der Waals surface area contributed by atoms with Crippen molar-refractivity contribution in [1.82, 2.24) is 0 Å². The number of hydrogen-bond donors (Lipinski definition) is 0. The molecular weight excluding hydrogens is 268 g/mol. The van der Waals surface area contributed by atoms with Gasteiger partial charge in [0.05, 0.1) is 12.7 Å². The molecule has 114 valence electrons. The van der Waals surface area contributed by atoms with E-state index in [4.69, 9.17) is 14.2 Å². The lowest BCUT2D eigenvalue weighted by atomic mass is 9.82. The van der Waals surface area contributed by atoms with E-state index in [0.29, 0.717) is 6.61 Å². The van der Waals surface area contributed by atoms with E-state index in [2.05, 4.69) is 19.1 Å². The summed E-state index contributed by atoms with van der Waals surface area (Å²) in [4.78, 5) is 11.9. The van der Waals surface area contributed by atoms with Crippen LogP contribution in [0.3, 0.4) is 0 Å². The van der Waals surface area contributed by atoms with Crippen LogP contribution < -0.4 is 0 Å². The van der Waals surface area contributed by atoms with E-state index in [1.54, 1.807) is 20.1 Å². The van der Waals surface area contributed by atoms with Crippen LogP contribution in [0.4, 0.5) is 0 Å². The number of esters is 1. The summed E-state index contributed by atoms with van der Waals surface area (Å²) >= 11 is 0. The van der Waals surface area contributed by atoms with E-state index < -0.39 is 0 Å². The number of ether oxygens (including phenoxy) is 3. The summed E-state index contributed by atoms with van der Waals surface area (Å²) in [6.45, 7) is 4.44. The highest BCUT2D eigenvalue weighted by molar-refractivity contribution is 5.93. The number of aryl methyl sites for hydroxylation is 2. The second-order valence-corrected chi connectivity index (χ2v) is 5.06. The molecule has 4 heteroatoms. The van der Waals surface area contributed by atoms with Crippen LogP contribution in [-0.4, -0.2) is 32.6 Å². The Morgan fingerprint density at radius 3 is 2.95 bits per heavy atom. The molecule has 0 saturated carbocycles. The molecule has 0 amide bonds. The third kappa shape index (κ3) is 3.71. The van der Waals surface area contributed by atoms with Crippen LogP contribution >= 0.6 is 0 Å². The Labute approximate surface area is 125 Å². The fraction of sp³-hybridized carbons (Fsp3) is 0.471. The summed E-state index contributed by atoms with van der Waals surface area (Å²) in [6, 6.07) is 6.21. The predicted molar refractivity (Wildman–Crippen MR) is 80.9 cm³/mol. The average molecular weight is 290 g/mol. The van der Waals surface area contributed by atoms with Crippen molar-refractivity contribution in [1.29, 1.82) is 0 Å². The van der Waals surface area contributed by atoms with Crippen LogP contribution in [0.25, 0.3) is 5.57 Å². The van der Waals surface area contributed by atoms with Crippen LogP contribution in [0.1, 0.15) is 30.0 Å². The van der Waals surface area contributed by atoms with Gasteiger partial charge in [0, 0.05) is 13.2 Å². The van der Waals surface area contributed by atoms with Gasteiger partial charge in [-0.15, -0.1) is 0 Å². The highest BCUT2D eigenvalue weighted by Crippen LogP contribution is 2.35. The third-order valence-electron chi connectivity index (χ3n) is 3.62. The second kappa shape index (κ2) is 7.38. The maximum absolute atomic E-state index is 11.9. The molecule has 0 fully saturated rings. The van der Waals surface area contributed by atoms with E-state index in [9.17, 15) is 4.79 Å². The minimum Gasteiger partial charge on any atom is -0.463 e. The first-order valence-electron chi connectivity index (χ1n) is 7.25. The Balaban J connectivity index is 2.39. The third-order valence-corrected chi connectivity index (χ3v) is 3.62. The smallest absolute Gasteiger partial charge is 0.331 e. The van der Waals surface area contributed by atoms with Crippen molar-refractivity contribution in [3.8, 4) is 0 Å². The van der Waals surface area contributed by atoms with Crippen LogP contribution in [-0.2, 0) is 25.4 Å². The SMILES string of the molecule is CCOC(=O)/C=C1/c2c(C)cccc2CCC1OCOC. The zero-order valence-corrected chi connectivity index (χ0v) is 12.8. The molecule has 0 radical (unpaired) electrons. The normalized spacial score (nSPS) is 19.4. The van der Waals surface area contributed by atoms with Crippen molar-refractivity contribution in [2.45, 2.75) is 32.8 Å². The van der Waals surface area contributed by atoms with Gasteiger partial charge in [0.25, 0.3) is 0 Å². The molecule has 0 aromatic heterocycles. The lowest BCUT2D eigenvalue weighted by Crippen LogP contribution is -2.24. The van der Waals surface area contributed by atoms with Gasteiger partial charge in [0.15, 0.2) is 0 Å². The lowest BCUT2D eigenvalue weighted by Gasteiger charge is -2.29. The van der Waals surface area contributed by atoms with Gasteiger partial charge in [-0.1, -0.05) is 18.2 Å². The Hall–Kier alpha value is -1.65. The van der Waals surface area contributed by atoms with Crippen LogP contribution in [0.5, 0.6) is 0 Å². The van der Waals surface area contributed by atoms with Gasteiger partial charge in [-0.25, -0.2) is 4.79 Å². The Morgan fingerprint density at radius 2 is 2.24 bits per heavy atom. The Bertz CT molecular complexity index is 534. The summed E-state index contributed by atoms with van der Waals surface area (Å²) in [7, 11) is 1.59. The topological polar surface area (TPSA) is 44.8 Å². The molecule has 1 aliphatic rings. The molecule has 0 saturated heterocycles. The summed E-state index contributed by atoms with van der Waals surface area (Å²) in [5.41, 5.74) is 4.40. The number of benzene rings is 1. The molecule has 2 rings (SSSR count). The van der Waals surface area contributed by atoms with Crippen molar-refractivity contribution in [3.05, 3.63) is 41.0 Å². The molecule has 0 N–H and O–H groups in total.